The highest BCUT2D eigenvalue weighted by Gasteiger charge is 2.52. The number of likely N-dealkylation sites (tertiary alicyclic amines) is 1. The van der Waals surface area contributed by atoms with Crippen LogP contribution in [0.2, 0.25) is 0 Å². The molecule has 1 aromatic carbocycles. The van der Waals surface area contributed by atoms with Crippen molar-refractivity contribution in [3.05, 3.63) is 30.3 Å². The van der Waals surface area contributed by atoms with Crippen LogP contribution in [0.15, 0.2) is 30.3 Å². The van der Waals surface area contributed by atoms with E-state index in [0.29, 0.717) is 52.6 Å². The Morgan fingerprint density at radius 2 is 1.63 bits per heavy atom. The lowest BCUT2D eigenvalue weighted by atomic mass is 9.71. The van der Waals surface area contributed by atoms with Gasteiger partial charge in [0.1, 0.15) is 0 Å². The van der Waals surface area contributed by atoms with Crippen molar-refractivity contribution in [1.82, 2.24) is 9.80 Å². The molecule has 146 valence electrons. The molecule has 27 heavy (non-hydrogen) atoms. The topological polar surface area (TPSA) is 71.1 Å². The lowest BCUT2D eigenvalue weighted by Crippen LogP contribution is -2.49. The van der Waals surface area contributed by atoms with E-state index >= 15 is 0 Å². The minimum atomic E-state index is -0.179. The predicted molar refractivity (Wildman–Crippen MR) is 100 cm³/mol. The highest BCUT2D eigenvalue weighted by molar-refractivity contribution is 5.90. The van der Waals surface area contributed by atoms with Crippen molar-refractivity contribution >= 4 is 17.6 Å². The summed E-state index contributed by atoms with van der Waals surface area (Å²) in [6.45, 7) is 4.84. The summed E-state index contributed by atoms with van der Waals surface area (Å²) in [5, 5.41) is 2.96. The number of rotatable bonds is 2. The highest BCUT2D eigenvalue weighted by Crippen LogP contribution is 2.45. The van der Waals surface area contributed by atoms with E-state index in [1.54, 1.807) is 4.90 Å². The van der Waals surface area contributed by atoms with Gasteiger partial charge in [-0.2, -0.15) is 0 Å². The molecule has 3 fully saturated rings. The SMILES string of the molecule is O=C(Nc1ccccc1)N1C[C@@H](C(=O)N2CCOCC2)C2(CCOCC2)C1. The van der Waals surface area contributed by atoms with Crippen molar-refractivity contribution in [2.75, 3.05) is 57.9 Å². The Morgan fingerprint density at radius 1 is 0.963 bits per heavy atom. The first-order valence-electron chi connectivity index (χ1n) is 9.73. The van der Waals surface area contributed by atoms with Crippen LogP contribution in [0, 0.1) is 11.3 Å². The number of amides is 3. The molecule has 3 amide bonds. The number of hydrogen-bond donors (Lipinski definition) is 1. The molecule has 4 rings (SSSR count). The Balaban J connectivity index is 1.50. The normalized spacial score (nSPS) is 24.8. The van der Waals surface area contributed by atoms with Crippen LogP contribution < -0.4 is 5.32 Å². The van der Waals surface area contributed by atoms with Crippen LogP contribution in [-0.4, -0.2) is 74.3 Å². The maximum Gasteiger partial charge on any atom is 0.321 e. The second-order valence-electron chi connectivity index (χ2n) is 7.64. The molecule has 0 aromatic heterocycles. The van der Waals surface area contributed by atoms with Crippen molar-refractivity contribution in [3.63, 3.8) is 0 Å². The number of para-hydroxylation sites is 1. The molecule has 3 saturated heterocycles. The molecule has 1 spiro atoms. The number of carbonyl (C=O) groups is 2. The van der Waals surface area contributed by atoms with Gasteiger partial charge in [-0.15, -0.1) is 0 Å². The van der Waals surface area contributed by atoms with Gasteiger partial charge in [-0.25, -0.2) is 4.79 Å². The van der Waals surface area contributed by atoms with Gasteiger partial charge in [0.05, 0.1) is 19.1 Å². The van der Waals surface area contributed by atoms with Gasteiger partial charge in [-0.1, -0.05) is 18.2 Å². The predicted octanol–water partition coefficient (Wildman–Crippen LogP) is 1.81. The van der Waals surface area contributed by atoms with Gasteiger partial charge in [0, 0.05) is 50.5 Å². The second kappa shape index (κ2) is 7.86. The number of hydrogen-bond acceptors (Lipinski definition) is 4. The first kappa shape index (κ1) is 18.3. The molecule has 1 atom stereocenters. The molecule has 3 aliphatic rings. The third kappa shape index (κ3) is 3.80. The molecule has 7 nitrogen and oxygen atoms in total. The van der Waals surface area contributed by atoms with Crippen LogP contribution in [0.1, 0.15) is 12.8 Å². The maximum absolute atomic E-state index is 13.3. The Bertz CT molecular complexity index is 669. The minimum Gasteiger partial charge on any atom is -0.381 e. The number of benzene rings is 1. The number of carbonyl (C=O) groups excluding carboxylic acids is 2. The summed E-state index contributed by atoms with van der Waals surface area (Å²) in [6.07, 6.45) is 1.64. The Morgan fingerprint density at radius 3 is 2.33 bits per heavy atom. The quantitative estimate of drug-likeness (QED) is 0.858. The van der Waals surface area contributed by atoms with Crippen LogP contribution in [0.4, 0.5) is 10.5 Å². The van der Waals surface area contributed by atoms with Crippen LogP contribution in [0.25, 0.3) is 0 Å². The van der Waals surface area contributed by atoms with E-state index in [2.05, 4.69) is 5.32 Å². The standard InChI is InChI=1S/C20H27N3O4/c24-18(22-8-12-27-13-9-22)17-14-23(15-20(17)6-10-26-11-7-20)19(25)21-16-4-2-1-3-5-16/h1-5,17H,6-15H2,(H,21,25)/t17-/m0/s1. The zero-order valence-corrected chi connectivity index (χ0v) is 15.6. The van der Waals surface area contributed by atoms with E-state index in [4.69, 9.17) is 9.47 Å². The molecule has 3 aliphatic heterocycles. The van der Waals surface area contributed by atoms with Gasteiger partial charge >= 0.3 is 6.03 Å². The van der Waals surface area contributed by atoms with Gasteiger partial charge in [0.25, 0.3) is 0 Å². The highest BCUT2D eigenvalue weighted by atomic mass is 16.5. The molecular formula is C20H27N3O4. The number of anilines is 1. The van der Waals surface area contributed by atoms with E-state index in [-0.39, 0.29) is 23.3 Å². The molecule has 0 bridgehead atoms. The number of urea groups is 1. The maximum atomic E-state index is 13.3. The lowest BCUT2D eigenvalue weighted by molar-refractivity contribution is -0.144. The van der Waals surface area contributed by atoms with Crippen LogP contribution in [-0.2, 0) is 14.3 Å². The van der Waals surface area contributed by atoms with E-state index in [0.717, 1.165) is 18.5 Å². The fraction of sp³-hybridized carbons (Fsp3) is 0.600. The summed E-state index contributed by atoms with van der Waals surface area (Å²) in [4.78, 5) is 29.8. The van der Waals surface area contributed by atoms with Gasteiger partial charge < -0.3 is 24.6 Å². The van der Waals surface area contributed by atoms with Gasteiger partial charge in [-0.05, 0) is 25.0 Å². The molecule has 0 unspecified atom stereocenters. The fourth-order valence-corrected chi connectivity index (χ4v) is 4.48. The monoisotopic (exact) mass is 373 g/mol. The van der Waals surface area contributed by atoms with E-state index in [1.807, 2.05) is 35.2 Å². The van der Waals surface area contributed by atoms with Gasteiger partial charge in [0.2, 0.25) is 5.91 Å². The Kier molecular flexibility index (Phi) is 5.31. The first-order chi connectivity index (χ1) is 13.2. The third-order valence-electron chi connectivity index (χ3n) is 6.07. The average molecular weight is 373 g/mol. The smallest absolute Gasteiger partial charge is 0.321 e. The molecule has 0 radical (unpaired) electrons. The van der Waals surface area contributed by atoms with Crippen LogP contribution in [0.5, 0.6) is 0 Å². The molecule has 3 heterocycles. The largest absolute Gasteiger partial charge is 0.381 e. The van der Waals surface area contributed by atoms with Gasteiger partial charge in [0.15, 0.2) is 0 Å². The summed E-state index contributed by atoms with van der Waals surface area (Å²) in [6, 6.07) is 9.31. The fourth-order valence-electron chi connectivity index (χ4n) is 4.48. The number of ether oxygens (including phenoxy) is 2. The molecule has 1 aromatic rings. The third-order valence-corrected chi connectivity index (χ3v) is 6.07. The number of nitrogens with zero attached hydrogens (tertiary/aromatic N) is 2. The number of morpholine rings is 1. The van der Waals surface area contributed by atoms with E-state index in [9.17, 15) is 9.59 Å². The molecule has 0 aliphatic carbocycles. The first-order valence-corrected chi connectivity index (χ1v) is 9.73. The summed E-state index contributed by atoms with van der Waals surface area (Å²) < 4.78 is 10.9. The molecule has 0 saturated carbocycles. The molecule has 1 N–H and O–H groups in total. The number of nitrogens with one attached hydrogen (secondary N) is 1. The zero-order valence-electron chi connectivity index (χ0n) is 15.6. The van der Waals surface area contributed by atoms with Crippen molar-refractivity contribution in [2.24, 2.45) is 11.3 Å². The summed E-state index contributed by atoms with van der Waals surface area (Å²) in [5.74, 6) is -0.00349. The minimum absolute atomic E-state index is 0.135. The van der Waals surface area contributed by atoms with Crippen molar-refractivity contribution in [2.45, 2.75) is 12.8 Å². The van der Waals surface area contributed by atoms with Crippen LogP contribution in [0.3, 0.4) is 0 Å². The van der Waals surface area contributed by atoms with E-state index in [1.165, 1.54) is 0 Å². The summed E-state index contributed by atoms with van der Waals surface area (Å²) >= 11 is 0. The van der Waals surface area contributed by atoms with Crippen molar-refractivity contribution in [3.8, 4) is 0 Å². The second-order valence-corrected chi connectivity index (χ2v) is 7.64. The van der Waals surface area contributed by atoms with Crippen LogP contribution >= 0.6 is 0 Å². The summed E-state index contributed by atoms with van der Waals surface area (Å²) in [7, 11) is 0. The van der Waals surface area contributed by atoms with E-state index < -0.39 is 0 Å². The molecule has 7 heteroatoms. The Hall–Kier alpha value is -2.12. The molecular weight excluding hydrogens is 346 g/mol. The lowest BCUT2D eigenvalue weighted by Gasteiger charge is -2.39. The van der Waals surface area contributed by atoms with Gasteiger partial charge in [-0.3, -0.25) is 4.79 Å². The van der Waals surface area contributed by atoms with Crippen molar-refractivity contribution in [1.29, 1.82) is 0 Å². The zero-order chi connectivity index (χ0) is 18.7. The average Bonchev–Trinajstić information content (AvgIpc) is 3.08. The summed E-state index contributed by atoms with van der Waals surface area (Å²) in [5.41, 5.74) is 0.591. The van der Waals surface area contributed by atoms with Crippen molar-refractivity contribution < 1.29 is 19.1 Å². The Labute approximate surface area is 159 Å².